The van der Waals surface area contributed by atoms with Gasteiger partial charge in [-0.25, -0.2) is 0 Å². The van der Waals surface area contributed by atoms with Gasteiger partial charge in [0.05, 0.1) is 0 Å². The van der Waals surface area contributed by atoms with Crippen LogP contribution in [0.3, 0.4) is 0 Å². The first kappa shape index (κ1) is 20.7. The van der Waals surface area contributed by atoms with Crippen LogP contribution in [0.1, 0.15) is 105 Å². The Morgan fingerprint density at radius 3 is 2.61 bits per heavy atom. The van der Waals surface area contributed by atoms with E-state index in [-0.39, 0.29) is 5.92 Å². The number of hydrogen-bond acceptors (Lipinski definition) is 1. The van der Waals surface area contributed by atoms with Gasteiger partial charge in [0, 0.05) is 12.3 Å². The van der Waals surface area contributed by atoms with Gasteiger partial charge in [-0.05, 0) is 98.2 Å². The van der Waals surface area contributed by atoms with Gasteiger partial charge in [0.15, 0.2) is 0 Å². The van der Waals surface area contributed by atoms with Crippen molar-refractivity contribution in [2.75, 3.05) is 0 Å². The molecule has 0 radical (unpaired) electrons. The molecule has 0 aromatic carbocycles. The maximum atomic E-state index is 12.2. The second-order valence-electron chi connectivity index (χ2n) is 11.8. The topological polar surface area (TPSA) is 17.1 Å². The summed E-state index contributed by atoms with van der Waals surface area (Å²) in [7, 11) is 0. The highest BCUT2D eigenvalue weighted by molar-refractivity contribution is 5.80. The van der Waals surface area contributed by atoms with Crippen LogP contribution < -0.4 is 0 Å². The molecule has 4 aliphatic rings. The molecule has 0 N–H and O–H groups in total. The predicted octanol–water partition coefficient (Wildman–Crippen LogP) is 7.60. The van der Waals surface area contributed by atoms with Crippen molar-refractivity contribution < 1.29 is 4.79 Å². The highest BCUT2D eigenvalue weighted by Crippen LogP contribution is 2.67. The summed E-state index contributed by atoms with van der Waals surface area (Å²) in [6, 6.07) is 0. The molecule has 0 unspecified atom stereocenters. The number of fused-ring (bicyclic) bond motifs is 5. The van der Waals surface area contributed by atoms with Crippen molar-refractivity contribution in [2.24, 2.45) is 46.3 Å². The Morgan fingerprint density at radius 2 is 1.86 bits per heavy atom. The van der Waals surface area contributed by atoms with E-state index in [1.165, 1.54) is 57.8 Å². The van der Waals surface area contributed by atoms with Gasteiger partial charge in [-0.3, -0.25) is 4.79 Å². The average Bonchev–Trinajstić information content (AvgIpc) is 3.02. The molecule has 4 aliphatic carbocycles. The standard InChI is InChI=1S/C27H44O/c1-18(2)25(28)14-9-19(3)22-12-13-23-21-11-10-20-8-6-7-16-26(20,4)24(21)15-17-27(22,23)5/h10,18-19,21-24H,6-9,11-17H2,1-5H3/t19-,21+,22-,23+,24+,26+,27-/m1/s1. The Kier molecular flexibility index (Phi) is 5.60. The fraction of sp³-hybridized carbons (Fsp3) is 0.889. The van der Waals surface area contributed by atoms with E-state index in [9.17, 15) is 4.79 Å². The lowest BCUT2D eigenvalue weighted by Gasteiger charge is -2.58. The van der Waals surface area contributed by atoms with Gasteiger partial charge in [-0.1, -0.05) is 52.7 Å². The zero-order chi connectivity index (χ0) is 20.1. The van der Waals surface area contributed by atoms with Gasteiger partial charge in [-0.15, -0.1) is 0 Å². The van der Waals surface area contributed by atoms with Gasteiger partial charge in [0.2, 0.25) is 0 Å². The van der Waals surface area contributed by atoms with Gasteiger partial charge in [0.1, 0.15) is 5.78 Å². The minimum atomic E-state index is 0.203. The normalized spacial score (nSPS) is 43.7. The third-order valence-corrected chi connectivity index (χ3v) is 10.3. The van der Waals surface area contributed by atoms with Crippen molar-refractivity contribution in [1.29, 1.82) is 0 Å². The Balaban J connectivity index is 1.49. The summed E-state index contributed by atoms with van der Waals surface area (Å²) in [5, 5.41) is 0. The Morgan fingerprint density at radius 1 is 1.07 bits per heavy atom. The van der Waals surface area contributed by atoms with Gasteiger partial charge >= 0.3 is 0 Å². The number of hydrogen-bond donors (Lipinski definition) is 0. The molecule has 0 aliphatic heterocycles. The van der Waals surface area contributed by atoms with Gasteiger partial charge < -0.3 is 0 Å². The van der Waals surface area contributed by atoms with Crippen LogP contribution in [0.2, 0.25) is 0 Å². The molecule has 28 heavy (non-hydrogen) atoms. The monoisotopic (exact) mass is 384 g/mol. The summed E-state index contributed by atoms with van der Waals surface area (Å²) in [4.78, 5) is 12.2. The third kappa shape index (κ3) is 3.24. The van der Waals surface area contributed by atoms with Gasteiger partial charge in [0.25, 0.3) is 0 Å². The number of carbonyl (C=O) groups is 1. The van der Waals surface area contributed by atoms with Crippen molar-refractivity contribution in [1.82, 2.24) is 0 Å². The summed E-state index contributed by atoms with van der Waals surface area (Å²) < 4.78 is 0. The molecule has 0 aromatic heterocycles. The zero-order valence-electron chi connectivity index (χ0n) is 19.2. The summed E-state index contributed by atoms with van der Waals surface area (Å²) in [5.41, 5.74) is 2.88. The molecule has 7 atom stereocenters. The maximum Gasteiger partial charge on any atom is 0.135 e. The van der Waals surface area contributed by atoms with Crippen LogP contribution in [-0.2, 0) is 4.79 Å². The van der Waals surface area contributed by atoms with Crippen molar-refractivity contribution >= 4 is 5.78 Å². The molecule has 1 nitrogen and oxygen atoms in total. The maximum absolute atomic E-state index is 12.2. The molecule has 3 fully saturated rings. The minimum Gasteiger partial charge on any atom is -0.299 e. The molecule has 0 spiro atoms. The smallest absolute Gasteiger partial charge is 0.135 e. The Hall–Kier alpha value is -0.590. The van der Waals surface area contributed by atoms with Crippen LogP contribution in [0.5, 0.6) is 0 Å². The van der Waals surface area contributed by atoms with Crippen LogP contribution in [-0.4, -0.2) is 5.78 Å². The molecule has 0 bridgehead atoms. The molecule has 0 aromatic rings. The van der Waals surface area contributed by atoms with E-state index in [0.29, 0.717) is 22.5 Å². The van der Waals surface area contributed by atoms with E-state index in [0.717, 1.165) is 36.5 Å². The van der Waals surface area contributed by atoms with Crippen LogP contribution in [0.25, 0.3) is 0 Å². The predicted molar refractivity (Wildman–Crippen MR) is 118 cm³/mol. The second-order valence-corrected chi connectivity index (χ2v) is 11.8. The number of carbonyl (C=O) groups excluding carboxylic acids is 1. The first-order valence-corrected chi connectivity index (χ1v) is 12.5. The lowest BCUT2D eigenvalue weighted by molar-refractivity contribution is -0.122. The Labute approximate surface area is 174 Å². The minimum absolute atomic E-state index is 0.203. The molecule has 0 heterocycles. The highest BCUT2D eigenvalue weighted by Gasteiger charge is 2.58. The molecule has 0 amide bonds. The average molecular weight is 385 g/mol. The Bertz CT molecular complexity index is 630. The van der Waals surface area contributed by atoms with Crippen molar-refractivity contribution in [3.8, 4) is 0 Å². The first-order valence-electron chi connectivity index (χ1n) is 12.5. The highest BCUT2D eigenvalue weighted by atomic mass is 16.1. The largest absolute Gasteiger partial charge is 0.299 e. The van der Waals surface area contributed by atoms with Crippen LogP contribution in [0.15, 0.2) is 11.6 Å². The SMILES string of the molecule is CC(C)C(=O)CC[C@@H](C)[C@H]1CC[C@H]2[C@@H]3CC=C4CCCC[C@]4(C)[C@H]3CC[C@]12C. The lowest BCUT2D eigenvalue weighted by Crippen LogP contribution is -2.50. The van der Waals surface area contributed by atoms with Gasteiger partial charge in [-0.2, -0.15) is 0 Å². The lowest BCUT2D eigenvalue weighted by atomic mass is 9.47. The van der Waals surface area contributed by atoms with E-state index in [1.54, 1.807) is 0 Å². The van der Waals surface area contributed by atoms with Crippen LogP contribution in [0, 0.1) is 46.3 Å². The van der Waals surface area contributed by atoms with Crippen molar-refractivity contribution in [3.05, 3.63) is 11.6 Å². The van der Waals surface area contributed by atoms with E-state index in [1.807, 2.05) is 5.57 Å². The van der Waals surface area contributed by atoms with E-state index < -0.39 is 0 Å². The fourth-order valence-corrected chi connectivity index (χ4v) is 8.53. The second kappa shape index (κ2) is 7.59. The quantitative estimate of drug-likeness (QED) is 0.446. The molecular formula is C27H44O. The van der Waals surface area contributed by atoms with E-state index in [2.05, 4.69) is 40.7 Å². The van der Waals surface area contributed by atoms with Crippen LogP contribution in [0.4, 0.5) is 0 Å². The van der Waals surface area contributed by atoms with E-state index in [4.69, 9.17) is 0 Å². The number of ketones is 1. The molecule has 4 rings (SSSR count). The summed E-state index contributed by atoms with van der Waals surface area (Å²) in [6.07, 6.45) is 17.4. The van der Waals surface area contributed by atoms with Crippen molar-refractivity contribution in [2.45, 2.75) is 105 Å². The summed E-state index contributed by atoms with van der Waals surface area (Å²) >= 11 is 0. The molecule has 158 valence electrons. The number of Topliss-reactive ketones (excluding diaryl/α,β-unsaturated/α-hetero) is 1. The first-order chi connectivity index (χ1) is 13.3. The molecule has 1 heteroatoms. The number of allylic oxidation sites excluding steroid dienone is 2. The zero-order valence-corrected chi connectivity index (χ0v) is 19.2. The van der Waals surface area contributed by atoms with Crippen LogP contribution >= 0.6 is 0 Å². The fourth-order valence-electron chi connectivity index (χ4n) is 8.53. The third-order valence-electron chi connectivity index (χ3n) is 10.3. The molecule has 3 saturated carbocycles. The van der Waals surface area contributed by atoms with Crippen molar-refractivity contribution in [3.63, 3.8) is 0 Å². The number of rotatable bonds is 5. The summed E-state index contributed by atoms with van der Waals surface area (Å²) in [5.74, 6) is 5.01. The van der Waals surface area contributed by atoms with E-state index >= 15 is 0 Å². The summed E-state index contributed by atoms with van der Waals surface area (Å²) in [6.45, 7) is 11.8. The molecule has 0 saturated heterocycles. The molecular weight excluding hydrogens is 340 g/mol.